The van der Waals surface area contributed by atoms with Gasteiger partial charge in [-0.1, -0.05) is 6.07 Å². The van der Waals surface area contributed by atoms with Gasteiger partial charge in [0.05, 0.1) is 17.2 Å². The van der Waals surface area contributed by atoms with Crippen LogP contribution in [-0.2, 0) is 9.84 Å². The molecule has 94 valence electrons. The zero-order chi connectivity index (χ0) is 12.9. The standard InChI is InChI=1S/C12H11NO4S/c1-18(14,15)12-8(5-13)11(12)7-2-3-9-10(4-7)17-6-16-9/h2-4,8,11-12H,6H2,1H3/t8-,11+,12+/m0/s1. The third kappa shape index (κ3) is 1.63. The van der Waals surface area contributed by atoms with Crippen LogP contribution >= 0.6 is 0 Å². The average Bonchev–Trinajstić information content (AvgIpc) is 2.90. The number of ether oxygens (including phenoxy) is 2. The number of nitrogens with zero attached hydrogens (tertiary/aromatic N) is 1. The second-order valence-corrected chi connectivity index (χ2v) is 6.79. The van der Waals surface area contributed by atoms with Gasteiger partial charge in [0, 0.05) is 12.2 Å². The Morgan fingerprint density at radius 2 is 2.06 bits per heavy atom. The summed E-state index contributed by atoms with van der Waals surface area (Å²) in [6, 6.07) is 7.38. The number of benzene rings is 1. The fourth-order valence-electron chi connectivity index (χ4n) is 2.49. The lowest BCUT2D eigenvalue weighted by atomic mass is 10.1. The predicted molar refractivity (Wildman–Crippen MR) is 63.0 cm³/mol. The van der Waals surface area contributed by atoms with Crippen molar-refractivity contribution in [2.24, 2.45) is 5.92 Å². The molecular weight excluding hydrogens is 254 g/mol. The first-order valence-electron chi connectivity index (χ1n) is 5.50. The van der Waals surface area contributed by atoms with Gasteiger partial charge in [0.2, 0.25) is 6.79 Å². The average molecular weight is 265 g/mol. The molecule has 1 heterocycles. The Hall–Kier alpha value is -1.74. The minimum atomic E-state index is -3.20. The number of sulfone groups is 1. The van der Waals surface area contributed by atoms with Crippen molar-refractivity contribution >= 4 is 9.84 Å². The van der Waals surface area contributed by atoms with Crippen LogP contribution in [0.1, 0.15) is 11.5 Å². The van der Waals surface area contributed by atoms with Crippen molar-refractivity contribution in [3.8, 4) is 17.6 Å². The van der Waals surface area contributed by atoms with Crippen molar-refractivity contribution < 1.29 is 17.9 Å². The SMILES string of the molecule is CS(=O)(=O)[C@@H]1[C@@H](C#N)[C@H]1c1ccc2c(c1)OCO2. The first kappa shape index (κ1) is 11.4. The molecule has 1 aromatic rings. The minimum Gasteiger partial charge on any atom is -0.454 e. The summed E-state index contributed by atoms with van der Waals surface area (Å²) < 4.78 is 33.6. The molecule has 0 radical (unpaired) electrons. The molecule has 2 aliphatic rings. The van der Waals surface area contributed by atoms with Crippen LogP contribution < -0.4 is 9.47 Å². The Labute approximate surface area is 105 Å². The molecule has 3 atom stereocenters. The van der Waals surface area contributed by atoms with Crippen LogP contribution in [0.15, 0.2) is 18.2 Å². The molecular formula is C12H11NO4S. The van der Waals surface area contributed by atoms with E-state index in [2.05, 4.69) is 6.07 Å². The van der Waals surface area contributed by atoms with Crippen molar-refractivity contribution in [2.75, 3.05) is 13.0 Å². The molecule has 0 N–H and O–H groups in total. The lowest BCUT2D eigenvalue weighted by molar-refractivity contribution is 0.174. The molecule has 1 saturated carbocycles. The minimum absolute atomic E-state index is 0.181. The van der Waals surface area contributed by atoms with Gasteiger partial charge < -0.3 is 9.47 Å². The van der Waals surface area contributed by atoms with Crippen LogP contribution in [-0.4, -0.2) is 26.7 Å². The van der Waals surface area contributed by atoms with Gasteiger partial charge in [-0.2, -0.15) is 5.26 Å². The number of hydrogen-bond donors (Lipinski definition) is 0. The molecule has 0 amide bonds. The molecule has 0 bridgehead atoms. The number of nitriles is 1. The third-order valence-corrected chi connectivity index (χ3v) is 4.95. The highest BCUT2D eigenvalue weighted by Crippen LogP contribution is 2.53. The van der Waals surface area contributed by atoms with Crippen molar-refractivity contribution in [3.63, 3.8) is 0 Å². The van der Waals surface area contributed by atoms with Gasteiger partial charge in [-0.15, -0.1) is 0 Å². The summed E-state index contributed by atoms with van der Waals surface area (Å²) in [6.07, 6.45) is 1.18. The first-order valence-corrected chi connectivity index (χ1v) is 7.46. The van der Waals surface area contributed by atoms with E-state index in [-0.39, 0.29) is 12.7 Å². The highest BCUT2D eigenvalue weighted by molar-refractivity contribution is 7.91. The zero-order valence-corrected chi connectivity index (χ0v) is 10.5. The van der Waals surface area contributed by atoms with E-state index < -0.39 is 21.0 Å². The quantitative estimate of drug-likeness (QED) is 0.799. The summed E-state index contributed by atoms with van der Waals surface area (Å²) in [4.78, 5) is 0. The number of hydrogen-bond acceptors (Lipinski definition) is 5. The summed E-state index contributed by atoms with van der Waals surface area (Å²) >= 11 is 0. The molecule has 3 rings (SSSR count). The third-order valence-electron chi connectivity index (χ3n) is 3.38. The van der Waals surface area contributed by atoms with Gasteiger partial charge >= 0.3 is 0 Å². The monoisotopic (exact) mass is 265 g/mol. The van der Waals surface area contributed by atoms with Gasteiger partial charge in [0.15, 0.2) is 21.3 Å². The maximum absolute atomic E-state index is 11.6. The van der Waals surface area contributed by atoms with E-state index in [0.29, 0.717) is 11.5 Å². The highest BCUT2D eigenvalue weighted by Gasteiger charge is 2.57. The topological polar surface area (TPSA) is 76.4 Å². The zero-order valence-electron chi connectivity index (χ0n) is 9.66. The van der Waals surface area contributed by atoms with Crippen molar-refractivity contribution in [1.82, 2.24) is 0 Å². The van der Waals surface area contributed by atoms with E-state index in [0.717, 1.165) is 5.56 Å². The summed E-state index contributed by atoms with van der Waals surface area (Å²) in [5.41, 5.74) is 0.821. The fraction of sp³-hybridized carbons (Fsp3) is 0.417. The van der Waals surface area contributed by atoms with Crippen molar-refractivity contribution in [3.05, 3.63) is 23.8 Å². The van der Waals surface area contributed by atoms with Crippen LogP contribution in [0.2, 0.25) is 0 Å². The van der Waals surface area contributed by atoms with Crippen LogP contribution in [0.5, 0.6) is 11.5 Å². The molecule has 1 aromatic carbocycles. The van der Waals surface area contributed by atoms with Gasteiger partial charge in [0.1, 0.15) is 0 Å². The molecule has 6 heteroatoms. The lowest BCUT2D eigenvalue weighted by Gasteiger charge is -2.01. The molecule has 0 aromatic heterocycles. The Bertz CT molecular complexity index is 647. The van der Waals surface area contributed by atoms with Crippen molar-refractivity contribution in [2.45, 2.75) is 11.2 Å². The van der Waals surface area contributed by atoms with Crippen LogP contribution in [0, 0.1) is 17.2 Å². The van der Waals surface area contributed by atoms with Gasteiger partial charge in [-0.25, -0.2) is 8.42 Å². The van der Waals surface area contributed by atoms with E-state index in [1.165, 1.54) is 6.26 Å². The maximum atomic E-state index is 11.6. The molecule has 18 heavy (non-hydrogen) atoms. The molecule has 1 aliphatic heterocycles. The second kappa shape index (κ2) is 3.62. The second-order valence-electron chi connectivity index (χ2n) is 4.59. The molecule has 0 unspecified atom stereocenters. The first-order chi connectivity index (χ1) is 8.52. The molecule has 5 nitrogen and oxygen atoms in total. The summed E-state index contributed by atoms with van der Waals surface area (Å²) in [7, 11) is -3.20. The number of rotatable bonds is 2. The Morgan fingerprint density at radius 3 is 2.67 bits per heavy atom. The van der Waals surface area contributed by atoms with E-state index in [4.69, 9.17) is 14.7 Å². The summed E-state index contributed by atoms with van der Waals surface area (Å²) in [5.74, 6) is 0.562. The molecule has 0 spiro atoms. The smallest absolute Gasteiger partial charge is 0.231 e. The number of fused-ring (bicyclic) bond motifs is 1. The Kier molecular flexibility index (Phi) is 2.29. The lowest BCUT2D eigenvalue weighted by Crippen LogP contribution is -2.06. The highest BCUT2D eigenvalue weighted by atomic mass is 32.2. The predicted octanol–water partition coefficient (Wildman–Crippen LogP) is 1.07. The van der Waals surface area contributed by atoms with E-state index in [1.54, 1.807) is 18.2 Å². The van der Waals surface area contributed by atoms with Gasteiger partial charge in [0.25, 0.3) is 0 Å². The molecule has 1 fully saturated rings. The molecule has 1 aliphatic carbocycles. The largest absolute Gasteiger partial charge is 0.454 e. The van der Waals surface area contributed by atoms with E-state index in [9.17, 15) is 8.42 Å². The van der Waals surface area contributed by atoms with Crippen LogP contribution in [0.4, 0.5) is 0 Å². The van der Waals surface area contributed by atoms with Crippen molar-refractivity contribution in [1.29, 1.82) is 5.26 Å². The summed E-state index contributed by atoms with van der Waals surface area (Å²) in [6.45, 7) is 0.181. The van der Waals surface area contributed by atoms with Crippen LogP contribution in [0.25, 0.3) is 0 Å². The molecule has 0 saturated heterocycles. The normalized spacial score (nSPS) is 28.8. The van der Waals surface area contributed by atoms with Gasteiger partial charge in [-0.3, -0.25) is 0 Å². The van der Waals surface area contributed by atoms with Crippen LogP contribution in [0.3, 0.4) is 0 Å². The maximum Gasteiger partial charge on any atom is 0.231 e. The van der Waals surface area contributed by atoms with Gasteiger partial charge in [-0.05, 0) is 17.7 Å². The Morgan fingerprint density at radius 1 is 1.33 bits per heavy atom. The van der Waals surface area contributed by atoms with E-state index in [1.807, 2.05) is 0 Å². The fourth-order valence-corrected chi connectivity index (χ4v) is 4.02. The van der Waals surface area contributed by atoms with E-state index >= 15 is 0 Å². The summed E-state index contributed by atoms with van der Waals surface area (Å²) in [5, 5.41) is 8.40. The Balaban J connectivity index is 1.95.